The van der Waals surface area contributed by atoms with Crippen LogP contribution in [0.2, 0.25) is 0 Å². The predicted molar refractivity (Wildman–Crippen MR) is 84.8 cm³/mol. The van der Waals surface area contributed by atoms with Gasteiger partial charge in [0.25, 0.3) is 5.91 Å². The third kappa shape index (κ3) is 3.34. The average molecular weight is 284 g/mol. The number of carbonyl (C=O) groups is 1. The number of nitrogens with one attached hydrogen (secondary N) is 1. The Bertz CT molecular complexity index is 651. The van der Waals surface area contributed by atoms with E-state index in [-0.39, 0.29) is 5.91 Å². The molecule has 0 bridgehead atoms. The molecule has 4 nitrogen and oxygen atoms in total. The molecule has 0 aliphatic rings. The minimum absolute atomic E-state index is 0.169. The van der Waals surface area contributed by atoms with Crippen LogP contribution in [0.4, 0.5) is 5.69 Å². The summed E-state index contributed by atoms with van der Waals surface area (Å²) in [5, 5.41) is 2.59. The number of hydrogen-bond donors (Lipinski definition) is 2. The van der Waals surface area contributed by atoms with E-state index in [1.807, 2.05) is 24.3 Å². The van der Waals surface area contributed by atoms with E-state index < -0.39 is 0 Å². The van der Waals surface area contributed by atoms with Crippen LogP contribution in [0.3, 0.4) is 0 Å². The van der Waals surface area contributed by atoms with Gasteiger partial charge in [-0.05, 0) is 35.7 Å². The van der Waals surface area contributed by atoms with Crippen LogP contribution in [0.25, 0.3) is 0 Å². The fourth-order valence-electron chi connectivity index (χ4n) is 2.08. The number of nitrogen functional groups attached to an aromatic ring is 1. The third-order valence-electron chi connectivity index (χ3n) is 3.26. The molecular weight excluding hydrogens is 264 g/mol. The molecule has 0 unspecified atom stereocenters. The van der Waals surface area contributed by atoms with Crippen molar-refractivity contribution in [2.45, 2.75) is 19.8 Å². The van der Waals surface area contributed by atoms with Crippen molar-refractivity contribution in [3.8, 4) is 11.5 Å². The van der Waals surface area contributed by atoms with Crippen LogP contribution in [0.5, 0.6) is 11.5 Å². The van der Waals surface area contributed by atoms with Crippen LogP contribution in [-0.2, 0) is 0 Å². The molecule has 0 aromatic heterocycles. The molecule has 2 aromatic rings. The summed E-state index contributed by atoms with van der Waals surface area (Å²) in [6.07, 6.45) is 0. The molecular formula is C17H20N2O2. The minimum atomic E-state index is -0.169. The van der Waals surface area contributed by atoms with Crippen molar-refractivity contribution < 1.29 is 9.53 Å². The van der Waals surface area contributed by atoms with Crippen LogP contribution in [0.15, 0.2) is 42.5 Å². The quantitative estimate of drug-likeness (QED) is 0.844. The molecule has 0 spiro atoms. The van der Waals surface area contributed by atoms with E-state index in [4.69, 9.17) is 10.5 Å². The number of nitrogens with two attached hydrogens (primary N) is 1. The molecule has 0 saturated carbocycles. The Kier molecular flexibility index (Phi) is 4.48. The Morgan fingerprint density at radius 3 is 2.52 bits per heavy atom. The van der Waals surface area contributed by atoms with Gasteiger partial charge in [0, 0.05) is 12.6 Å². The molecule has 2 aromatic carbocycles. The number of benzene rings is 2. The molecule has 0 radical (unpaired) electrons. The van der Waals surface area contributed by atoms with E-state index in [9.17, 15) is 4.79 Å². The van der Waals surface area contributed by atoms with Crippen molar-refractivity contribution in [2.75, 3.05) is 12.8 Å². The van der Waals surface area contributed by atoms with Crippen LogP contribution in [0, 0.1) is 0 Å². The molecule has 0 heterocycles. The molecule has 0 fully saturated rings. The van der Waals surface area contributed by atoms with Gasteiger partial charge >= 0.3 is 0 Å². The number of hydrogen-bond acceptors (Lipinski definition) is 3. The van der Waals surface area contributed by atoms with Crippen LogP contribution in [0.1, 0.15) is 35.7 Å². The largest absolute Gasteiger partial charge is 0.455 e. The standard InChI is InChI=1S/C17H20N2O2/c1-11(2)13-6-4-5-7-15(13)21-16-10-12(17(20)19-3)8-9-14(16)18/h4-11H,18H2,1-3H3,(H,19,20). The maximum Gasteiger partial charge on any atom is 0.251 e. The van der Waals surface area contributed by atoms with E-state index in [0.29, 0.717) is 22.9 Å². The number of anilines is 1. The lowest BCUT2D eigenvalue weighted by Crippen LogP contribution is -2.17. The van der Waals surface area contributed by atoms with Gasteiger partial charge in [-0.3, -0.25) is 4.79 Å². The van der Waals surface area contributed by atoms with Gasteiger partial charge < -0.3 is 15.8 Å². The molecule has 2 rings (SSSR count). The summed E-state index contributed by atoms with van der Waals surface area (Å²) in [6.45, 7) is 4.21. The molecule has 0 atom stereocenters. The minimum Gasteiger partial charge on any atom is -0.455 e. The zero-order valence-electron chi connectivity index (χ0n) is 12.5. The summed E-state index contributed by atoms with van der Waals surface area (Å²) in [6, 6.07) is 12.8. The first kappa shape index (κ1) is 14.9. The SMILES string of the molecule is CNC(=O)c1ccc(N)c(Oc2ccccc2C(C)C)c1. The highest BCUT2D eigenvalue weighted by Crippen LogP contribution is 2.33. The molecule has 0 saturated heterocycles. The van der Waals surface area contributed by atoms with Gasteiger partial charge in [-0.1, -0.05) is 32.0 Å². The monoisotopic (exact) mass is 284 g/mol. The van der Waals surface area contributed by atoms with Gasteiger partial charge in [-0.15, -0.1) is 0 Å². The Morgan fingerprint density at radius 1 is 1.14 bits per heavy atom. The lowest BCUT2D eigenvalue weighted by atomic mass is 10.0. The van der Waals surface area contributed by atoms with E-state index >= 15 is 0 Å². The van der Waals surface area contributed by atoms with Crippen molar-refractivity contribution in [3.05, 3.63) is 53.6 Å². The first-order valence-electron chi connectivity index (χ1n) is 6.91. The molecule has 0 aliphatic heterocycles. The summed E-state index contributed by atoms with van der Waals surface area (Å²) >= 11 is 0. The second-order valence-electron chi connectivity index (χ2n) is 5.13. The first-order valence-corrected chi connectivity index (χ1v) is 6.91. The second-order valence-corrected chi connectivity index (χ2v) is 5.13. The van der Waals surface area contributed by atoms with E-state index in [0.717, 1.165) is 11.3 Å². The lowest BCUT2D eigenvalue weighted by molar-refractivity contribution is 0.0963. The van der Waals surface area contributed by atoms with Crippen LogP contribution >= 0.6 is 0 Å². The maximum atomic E-state index is 11.7. The van der Waals surface area contributed by atoms with Gasteiger partial charge in [0.15, 0.2) is 5.75 Å². The smallest absolute Gasteiger partial charge is 0.251 e. The predicted octanol–water partition coefficient (Wildman–Crippen LogP) is 3.54. The fourth-order valence-corrected chi connectivity index (χ4v) is 2.08. The topological polar surface area (TPSA) is 64.4 Å². The Balaban J connectivity index is 2.38. The number of para-hydroxylation sites is 1. The average Bonchev–Trinajstić information content (AvgIpc) is 2.49. The number of rotatable bonds is 4. The van der Waals surface area contributed by atoms with E-state index in [1.54, 1.807) is 25.2 Å². The number of ether oxygens (including phenoxy) is 1. The summed E-state index contributed by atoms with van der Waals surface area (Å²) in [5.74, 6) is 1.42. The Hall–Kier alpha value is -2.49. The third-order valence-corrected chi connectivity index (χ3v) is 3.26. The van der Waals surface area contributed by atoms with Gasteiger partial charge in [0.05, 0.1) is 5.69 Å². The summed E-state index contributed by atoms with van der Waals surface area (Å²) in [7, 11) is 1.59. The Labute approximate surface area is 124 Å². The highest BCUT2D eigenvalue weighted by atomic mass is 16.5. The second kappa shape index (κ2) is 6.31. The normalized spacial score (nSPS) is 10.5. The van der Waals surface area contributed by atoms with Crippen molar-refractivity contribution in [2.24, 2.45) is 0 Å². The molecule has 110 valence electrons. The van der Waals surface area contributed by atoms with Gasteiger partial charge in [-0.2, -0.15) is 0 Å². The Morgan fingerprint density at radius 2 is 1.86 bits per heavy atom. The molecule has 1 amide bonds. The van der Waals surface area contributed by atoms with Crippen molar-refractivity contribution in [1.82, 2.24) is 5.32 Å². The van der Waals surface area contributed by atoms with Crippen LogP contribution < -0.4 is 15.8 Å². The number of carbonyl (C=O) groups excluding carboxylic acids is 1. The summed E-state index contributed by atoms with van der Waals surface area (Å²) < 4.78 is 5.93. The summed E-state index contributed by atoms with van der Waals surface area (Å²) in [5.41, 5.74) is 8.07. The summed E-state index contributed by atoms with van der Waals surface area (Å²) in [4.78, 5) is 11.7. The van der Waals surface area contributed by atoms with Crippen LogP contribution in [-0.4, -0.2) is 13.0 Å². The zero-order chi connectivity index (χ0) is 15.4. The van der Waals surface area contributed by atoms with Crippen molar-refractivity contribution in [3.63, 3.8) is 0 Å². The van der Waals surface area contributed by atoms with Crippen molar-refractivity contribution >= 4 is 11.6 Å². The molecule has 4 heteroatoms. The van der Waals surface area contributed by atoms with Gasteiger partial charge in [0.2, 0.25) is 0 Å². The molecule has 21 heavy (non-hydrogen) atoms. The van der Waals surface area contributed by atoms with Gasteiger partial charge in [-0.25, -0.2) is 0 Å². The number of amides is 1. The molecule has 0 aliphatic carbocycles. The van der Waals surface area contributed by atoms with Crippen molar-refractivity contribution in [1.29, 1.82) is 0 Å². The van der Waals surface area contributed by atoms with Gasteiger partial charge in [0.1, 0.15) is 5.75 Å². The fraction of sp³-hybridized carbons (Fsp3) is 0.235. The first-order chi connectivity index (χ1) is 10.0. The zero-order valence-corrected chi connectivity index (χ0v) is 12.5. The maximum absolute atomic E-state index is 11.7. The molecule has 3 N–H and O–H groups in total. The van der Waals surface area contributed by atoms with E-state index in [2.05, 4.69) is 19.2 Å². The highest BCUT2D eigenvalue weighted by Gasteiger charge is 2.12. The lowest BCUT2D eigenvalue weighted by Gasteiger charge is -2.15. The highest BCUT2D eigenvalue weighted by molar-refractivity contribution is 5.95. The van der Waals surface area contributed by atoms with E-state index in [1.165, 1.54) is 0 Å².